The number of halogens is 1. The first-order valence-electron chi connectivity index (χ1n) is 7.94. The molecule has 1 saturated carbocycles. The molecule has 22 heavy (non-hydrogen) atoms. The molecule has 0 atom stereocenters. The standard InChI is InChI=1S/C16H24BrN3O2/c1-15(2,3)22-14(21)19-6-4-5-16(11-19)7-13(8-16)20-10-12(17)9-18-20/h9-10,13H,4-8,11H2,1-3H3. The normalized spacial score (nSPS) is 28.5. The number of piperidine rings is 1. The highest BCUT2D eigenvalue weighted by molar-refractivity contribution is 9.10. The molecule has 1 aromatic heterocycles. The van der Waals surface area contributed by atoms with Crippen molar-refractivity contribution in [1.82, 2.24) is 14.7 Å². The summed E-state index contributed by atoms with van der Waals surface area (Å²) < 4.78 is 8.58. The highest BCUT2D eigenvalue weighted by atomic mass is 79.9. The van der Waals surface area contributed by atoms with Crippen molar-refractivity contribution in [2.24, 2.45) is 5.41 Å². The lowest BCUT2D eigenvalue weighted by Gasteiger charge is -2.52. The minimum Gasteiger partial charge on any atom is -0.444 e. The molecule has 2 aliphatic rings. The van der Waals surface area contributed by atoms with E-state index in [4.69, 9.17) is 4.74 Å². The summed E-state index contributed by atoms with van der Waals surface area (Å²) >= 11 is 3.44. The molecule has 1 saturated heterocycles. The number of carbonyl (C=O) groups is 1. The molecule has 6 heteroatoms. The van der Waals surface area contributed by atoms with E-state index in [1.54, 1.807) is 0 Å². The first-order valence-corrected chi connectivity index (χ1v) is 8.73. The van der Waals surface area contributed by atoms with Gasteiger partial charge in [0.25, 0.3) is 0 Å². The molecular formula is C16H24BrN3O2. The third-order valence-corrected chi connectivity index (χ3v) is 5.00. The van der Waals surface area contributed by atoms with Crippen LogP contribution in [0.25, 0.3) is 0 Å². The first-order chi connectivity index (χ1) is 10.3. The number of carbonyl (C=O) groups excluding carboxylic acids is 1. The molecule has 2 heterocycles. The minimum absolute atomic E-state index is 0.170. The Morgan fingerprint density at radius 2 is 2.18 bits per heavy atom. The summed E-state index contributed by atoms with van der Waals surface area (Å²) in [6.07, 6.45) is 8.16. The van der Waals surface area contributed by atoms with E-state index in [0.717, 1.165) is 36.8 Å². The molecule has 5 nitrogen and oxygen atoms in total. The van der Waals surface area contributed by atoms with Crippen LogP contribution >= 0.6 is 15.9 Å². The molecular weight excluding hydrogens is 346 g/mol. The van der Waals surface area contributed by atoms with Crippen molar-refractivity contribution < 1.29 is 9.53 Å². The molecule has 0 aromatic carbocycles. The molecule has 2 fully saturated rings. The molecule has 3 rings (SSSR count). The lowest BCUT2D eigenvalue weighted by molar-refractivity contribution is -0.0365. The van der Waals surface area contributed by atoms with Crippen molar-refractivity contribution in [2.45, 2.75) is 58.1 Å². The zero-order valence-corrected chi connectivity index (χ0v) is 15.1. The Morgan fingerprint density at radius 3 is 2.77 bits per heavy atom. The Hall–Kier alpha value is -1.04. The van der Waals surface area contributed by atoms with E-state index in [9.17, 15) is 4.79 Å². The van der Waals surface area contributed by atoms with E-state index in [1.807, 2.05) is 42.7 Å². The Kier molecular flexibility index (Phi) is 4.00. The average molecular weight is 370 g/mol. The summed E-state index contributed by atoms with van der Waals surface area (Å²) in [6.45, 7) is 7.38. The van der Waals surface area contributed by atoms with Crippen molar-refractivity contribution in [3.05, 3.63) is 16.9 Å². The molecule has 1 aromatic rings. The van der Waals surface area contributed by atoms with E-state index < -0.39 is 5.60 Å². The Balaban J connectivity index is 1.59. The maximum absolute atomic E-state index is 12.3. The van der Waals surface area contributed by atoms with E-state index in [-0.39, 0.29) is 11.5 Å². The second-order valence-electron chi connectivity index (χ2n) is 7.71. The number of ether oxygens (including phenoxy) is 1. The van der Waals surface area contributed by atoms with E-state index in [2.05, 4.69) is 21.0 Å². The predicted octanol–water partition coefficient (Wildman–Crippen LogP) is 4.00. The van der Waals surface area contributed by atoms with Crippen LogP contribution in [-0.4, -0.2) is 39.5 Å². The Morgan fingerprint density at radius 1 is 1.45 bits per heavy atom. The van der Waals surface area contributed by atoms with Crippen LogP contribution in [0.4, 0.5) is 4.79 Å². The molecule has 1 amide bonds. The predicted molar refractivity (Wildman–Crippen MR) is 87.7 cm³/mol. The van der Waals surface area contributed by atoms with Crippen LogP contribution in [0.15, 0.2) is 16.9 Å². The van der Waals surface area contributed by atoms with Crippen LogP contribution in [0, 0.1) is 5.41 Å². The average Bonchev–Trinajstić information content (AvgIpc) is 2.80. The van der Waals surface area contributed by atoms with Gasteiger partial charge < -0.3 is 9.64 Å². The van der Waals surface area contributed by atoms with Gasteiger partial charge in [-0.15, -0.1) is 0 Å². The molecule has 1 aliphatic carbocycles. The van der Waals surface area contributed by atoms with Crippen LogP contribution in [0.2, 0.25) is 0 Å². The number of aromatic nitrogens is 2. The highest BCUT2D eigenvalue weighted by Gasteiger charge is 2.48. The first kappa shape index (κ1) is 15.8. The lowest BCUT2D eigenvalue weighted by atomic mass is 9.61. The molecule has 1 aliphatic heterocycles. The number of likely N-dealkylation sites (tertiary alicyclic amines) is 1. The third kappa shape index (κ3) is 3.31. The smallest absolute Gasteiger partial charge is 0.410 e. The topological polar surface area (TPSA) is 47.4 Å². The Bertz CT molecular complexity index is 558. The molecule has 0 unspecified atom stereocenters. The van der Waals surface area contributed by atoms with Gasteiger partial charge in [-0.3, -0.25) is 4.68 Å². The summed E-state index contributed by atoms with van der Waals surface area (Å²) in [7, 11) is 0. The lowest BCUT2D eigenvalue weighted by Crippen LogP contribution is -2.53. The minimum atomic E-state index is -0.425. The third-order valence-electron chi connectivity index (χ3n) is 4.59. The van der Waals surface area contributed by atoms with Gasteiger partial charge in [-0.05, 0) is 67.8 Å². The summed E-state index contributed by atoms with van der Waals surface area (Å²) in [4.78, 5) is 14.2. The number of nitrogens with zero attached hydrogens (tertiary/aromatic N) is 3. The van der Waals surface area contributed by atoms with Gasteiger partial charge in [-0.25, -0.2) is 4.79 Å². The fourth-order valence-corrected chi connectivity index (χ4v) is 3.97. The number of amides is 1. The molecule has 1 spiro atoms. The molecule has 0 N–H and O–H groups in total. The van der Waals surface area contributed by atoms with E-state index >= 15 is 0 Å². The van der Waals surface area contributed by atoms with Crippen molar-refractivity contribution in [3.63, 3.8) is 0 Å². The molecule has 0 bridgehead atoms. The Labute approximate surface area is 140 Å². The zero-order chi connectivity index (χ0) is 16.0. The van der Waals surface area contributed by atoms with Gasteiger partial charge in [0, 0.05) is 19.3 Å². The molecule has 0 radical (unpaired) electrons. The van der Waals surface area contributed by atoms with Crippen molar-refractivity contribution in [2.75, 3.05) is 13.1 Å². The van der Waals surface area contributed by atoms with Gasteiger partial charge in [0.1, 0.15) is 5.60 Å². The van der Waals surface area contributed by atoms with E-state index in [1.165, 1.54) is 6.42 Å². The summed E-state index contributed by atoms with van der Waals surface area (Å²) in [5, 5.41) is 4.38. The van der Waals surface area contributed by atoms with Crippen molar-refractivity contribution in [3.8, 4) is 0 Å². The number of rotatable bonds is 1. The highest BCUT2D eigenvalue weighted by Crippen LogP contribution is 2.53. The fourth-order valence-electron chi connectivity index (χ4n) is 3.66. The second kappa shape index (κ2) is 5.55. The largest absolute Gasteiger partial charge is 0.444 e. The van der Waals surface area contributed by atoms with Crippen LogP contribution < -0.4 is 0 Å². The quantitative estimate of drug-likeness (QED) is 0.751. The van der Waals surface area contributed by atoms with E-state index in [0.29, 0.717) is 6.04 Å². The monoisotopic (exact) mass is 369 g/mol. The molecule has 122 valence electrons. The summed E-state index contributed by atoms with van der Waals surface area (Å²) in [5.41, 5.74) is -0.163. The number of hydrogen-bond donors (Lipinski definition) is 0. The van der Waals surface area contributed by atoms with Gasteiger partial charge in [0.2, 0.25) is 0 Å². The van der Waals surface area contributed by atoms with Gasteiger partial charge in [-0.2, -0.15) is 5.10 Å². The maximum atomic E-state index is 12.3. The maximum Gasteiger partial charge on any atom is 0.410 e. The van der Waals surface area contributed by atoms with Gasteiger partial charge >= 0.3 is 6.09 Å². The second-order valence-corrected chi connectivity index (χ2v) is 8.62. The van der Waals surface area contributed by atoms with Gasteiger partial charge in [-0.1, -0.05) is 0 Å². The van der Waals surface area contributed by atoms with Gasteiger partial charge in [0.15, 0.2) is 0 Å². The van der Waals surface area contributed by atoms with Crippen LogP contribution in [0.5, 0.6) is 0 Å². The van der Waals surface area contributed by atoms with Crippen molar-refractivity contribution >= 4 is 22.0 Å². The summed E-state index contributed by atoms with van der Waals surface area (Å²) in [6, 6.07) is 0.463. The SMILES string of the molecule is CC(C)(C)OC(=O)N1CCCC2(CC(n3cc(Br)cn3)C2)C1. The number of hydrogen-bond acceptors (Lipinski definition) is 3. The van der Waals surface area contributed by atoms with Gasteiger partial charge in [0.05, 0.1) is 16.7 Å². The fraction of sp³-hybridized carbons (Fsp3) is 0.750. The van der Waals surface area contributed by atoms with Crippen LogP contribution in [0.1, 0.15) is 52.5 Å². The summed E-state index contributed by atoms with van der Waals surface area (Å²) in [5.74, 6) is 0. The van der Waals surface area contributed by atoms with Crippen LogP contribution in [0.3, 0.4) is 0 Å². The van der Waals surface area contributed by atoms with Crippen LogP contribution in [-0.2, 0) is 4.74 Å². The zero-order valence-electron chi connectivity index (χ0n) is 13.5. The van der Waals surface area contributed by atoms with Crippen molar-refractivity contribution in [1.29, 1.82) is 0 Å².